The molecule has 86 valence electrons. The third-order valence-electron chi connectivity index (χ3n) is 3.28. The lowest BCUT2D eigenvalue weighted by molar-refractivity contribution is 0.115. The first-order chi connectivity index (χ1) is 7.85. The summed E-state index contributed by atoms with van der Waals surface area (Å²) >= 11 is 0. The number of rotatable bonds is 4. The van der Waals surface area contributed by atoms with Gasteiger partial charge >= 0.3 is 0 Å². The largest absolute Gasteiger partial charge is 0.366 e. The summed E-state index contributed by atoms with van der Waals surface area (Å²) < 4.78 is 5.33. The predicted octanol–water partition coefficient (Wildman–Crippen LogP) is 2.70. The van der Waals surface area contributed by atoms with Crippen molar-refractivity contribution in [3.63, 3.8) is 0 Å². The first kappa shape index (κ1) is 11.4. The molecular weight excluding hydrogens is 198 g/mol. The van der Waals surface area contributed by atoms with Crippen LogP contribution in [0.2, 0.25) is 0 Å². The topological polar surface area (TPSA) is 35.2 Å². The number of hydrogen-bond acceptors (Lipinski definition) is 2. The van der Waals surface area contributed by atoms with Crippen LogP contribution in [0.15, 0.2) is 47.6 Å². The van der Waals surface area contributed by atoms with Crippen molar-refractivity contribution in [2.45, 2.75) is 19.3 Å². The Morgan fingerprint density at radius 3 is 3.19 bits per heavy atom. The molecule has 0 saturated carbocycles. The number of hydrogen-bond donors (Lipinski definition) is 1. The molecule has 2 aliphatic carbocycles. The molecule has 0 fully saturated rings. The van der Waals surface area contributed by atoms with Gasteiger partial charge in [0, 0.05) is 5.92 Å². The van der Waals surface area contributed by atoms with E-state index in [1.54, 1.807) is 5.57 Å². The van der Waals surface area contributed by atoms with Crippen LogP contribution < -0.4 is 5.73 Å². The van der Waals surface area contributed by atoms with Gasteiger partial charge in [0.2, 0.25) is 0 Å². The minimum absolute atomic E-state index is 0.298. The fraction of sp³-hybridized carbons (Fsp3) is 0.429. The summed E-state index contributed by atoms with van der Waals surface area (Å²) in [5.41, 5.74) is 9.58. The van der Waals surface area contributed by atoms with Gasteiger partial charge in [-0.3, -0.25) is 0 Å². The highest BCUT2D eigenvalue weighted by Gasteiger charge is 2.21. The zero-order valence-corrected chi connectivity index (χ0v) is 9.61. The number of allylic oxidation sites excluding steroid dienone is 6. The van der Waals surface area contributed by atoms with Gasteiger partial charge in [-0.25, -0.2) is 0 Å². The molecule has 0 radical (unpaired) electrons. The van der Waals surface area contributed by atoms with Crippen LogP contribution in [0.3, 0.4) is 0 Å². The molecule has 0 aromatic carbocycles. The maximum Gasteiger partial charge on any atom is 0.0940 e. The highest BCUT2D eigenvalue weighted by Crippen LogP contribution is 2.35. The molecule has 2 nitrogen and oxygen atoms in total. The predicted molar refractivity (Wildman–Crippen MR) is 66.8 cm³/mol. The molecule has 2 rings (SSSR count). The van der Waals surface area contributed by atoms with Crippen LogP contribution in [0.1, 0.15) is 19.3 Å². The van der Waals surface area contributed by atoms with E-state index in [0.717, 1.165) is 6.42 Å². The highest BCUT2D eigenvalue weighted by molar-refractivity contribution is 5.46. The number of ether oxygens (including phenoxy) is 1. The molecule has 0 bridgehead atoms. The van der Waals surface area contributed by atoms with Crippen LogP contribution >= 0.6 is 0 Å². The minimum Gasteiger partial charge on any atom is -0.366 e. The van der Waals surface area contributed by atoms with Crippen molar-refractivity contribution in [2.75, 3.05) is 13.3 Å². The zero-order valence-electron chi connectivity index (χ0n) is 9.61. The average molecular weight is 217 g/mol. The highest BCUT2D eigenvalue weighted by atomic mass is 16.5. The molecule has 0 aliphatic heterocycles. The van der Waals surface area contributed by atoms with E-state index in [1.165, 1.54) is 24.0 Å². The molecular formula is C14H19NO. The van der Waals surface area contributed by atoms with Crippen molar-refractivity contribution in [3.05, 3.63) is 47.6 Å². The van der Waals surface area contributed by atoms with Crippen molar-refractivity contribution >= 4 is 0 Å². The van der Waals surface area contributed by atoms with E-state index in [4.69, 9.17) is 10.5 Å². The van der Waals surface area contributed by atoms with Crippen molar-refractivity contribution in [2.24, 2.45) is 11.7 Å². The van der Waals surface area contributed by atoms with E-state index in [9.17, 15) is 0 Å². The Balaban J connectivity index is 2.15. The van der Waals surface area contributed by atoms with Gasteiger partial charge in [0.05, 0.1) is 13.3 Å². The lowest BCUT2D eigenvalue weighted by atomic mass is 9.80. The fourth-order valence-corrected chi connectivity index (χ4v) is 2.40. The van der Waals surface area contributed by atoms with Gasteiger partial charge in [-0.15, -0.1) is 0 Å². The molecule has 0 amide bonds. The maximum atomic E-state index is 5.37. The van der Waals surface area contributed by atoms with Crippen molar-refractivity contribution < 1.29 is 4.74 Å². The van der Waals surface area contributed by atoms with Gasteiger partial charge in [0.1, 0.15) is 0 Å². The van der Waals surface area contributed by atoms with Gasteiger partial charge < -0.3 is 10.5 Å². The summed E-state index contributed by atoms with van der Waals surface area (Å²) in [4.78, 5) is 0. The minimum atomic E-state index is 0.298. The molecule has 0 spiro atoms. The van der Waals surface area contributed by atoms with Crippen LogP contribution in [-0.4, -0.2) is 13.3 Å². The van der Waals surface area contributed by atoms with Crippen LogP contribution in [-0.2, 0) is 4.74 Å². The Hall–Kier alpha value is -1.12. The standard InChI is InChI=1S/C14H19NO/c1-2-11-7-12-5-3-4-6-13(12)8-14(11)9-16-10-15/h2-3,5,7,14H,1,4,6,8-10,15H2. The molecule has 0 aromatic rings. The van der Waals surface area contributed by atoms with E-state index in [2.05, 4.69) is 24.8 Å². The Kier molecular flexibility index (Phi) is 3.75. The third kappa shape index (κ3) is 2.34. The van der Waals surface area contributed by atoms with Gasteiger partial charge in [-0.1, -0.05) is 36.5 Å². The lowest BCUT2D eigenvalue weighted by Crippen LogP contribution is -2.19. The van der Waals surface area contributed by atoms with Crippen LogP contribution in [0.4, 0.5) is 0 Å². The summed E-state index contributed by atoms with van der Waals surface area (Å²) in [5.74, 6) is 0.436. The van der Waals surface area contributed by atoms with E-state index in [0.29, 0.717) is 19.3 Å². The van der Waals surface area contributed by atoms with Crippen LogP contribution in [0.5, 0.6) is 0 Å². The van der Waals surface area contributed by atoms with Crippen molar-refractivity contribution in [1.29, 1.82) is 0 Å². The molecule has 16 heavy (non-hydrogen) atoms. The second-order valence-corrected chi connectivity index (χ2v) is 4.29. The second kappa shape index (κ2) is 5.28. The Bertz CT molecular complexity index is 363. The quantitative estimate of drug-likeness (QED) is 0.735. The van der Waals surface area contributed by atoms with E-state index in [-0.39, 0.29) is 0 Å². The second-order valence-electron chi connectivity index (χ2n) is 4.29. The summed E-state index contributed by atoms with van der Waals surface area (Å²) in [5, 5.41) is 0. The summed E-state index contributed by atoms with van der Waals surface area (Å²) in [6.45, 7) is 4.88. The maximum absolute atomic E-state index is 5.37. The third-order valence-corrected chi connectivity index (χ3v) is 3.28. The van der Waals surface area contributed by atoms with Crippen molar-refractivity contribution in [1.82, 2.24) is 0 Å². The molecule has 2 heteroatoms. The molecule has 2 N–H and O–H groups in total. The molecule has 1 atom stereocenters. The van der Waals surface area contributed by atoms with E-state index < -0.39 is 0 Å². The number of nitrogens with two attached hydrogens (primary N) is 1. The first-order valence-electron chi connectivity index (χ1n) is 5.85. The zero-order chi connectivity index (χ0) is 11.4. The fourth-order valence-electron chi connectivity index (χ4n) is 2.40. The van der Waals surface area contributed by atoms with E-state index in [1.807, 2.05) is 6.08 Å². The summed E-state index contributed by atoms with van der Waals surface area (Å²) in [7, 11) is 0. The van der Waals surface area contributed by atoms with Gasteiger partial charge in [0.15, 0.2) is 0 Å². The Labute approximate surface area is 97.2 Å². The lowest BCUT2D eigenvalue weighted by Gasteiger charge is -2.27. The SMILES string of the molecule is C=CC1=CC2=C(CCC=C2)CC1COCN. The molecule has 2 aliphatic rings. The first-order valence-corrected chi connectivity index (χ1v) is 5.85. The molecule has 0 heterocycles. The summed E-state index contributed by atoms with van der Waals surface area (Å²) in [6, 6.07) is 0. The van der Waals surface area contributed by atoms with Gasteiger partial charge in [-0.05, 0) is 30.4 Å². The van der Waals surface area contributed by atoms with Gasteiger partial charge in [0.25, 0.3) is 0 Å². The molecule has 0 saturated heterocycles. The van der Waals surface area contributed by atoms with Crippen LogP contribution in [0.25, 0.3) is 0 Å². The Morgan fingerprint density at radius 1 is 1.56 bits per heavy atom. The molecule has 0 aromatic heterocycles. The normalized spacial score (nSPS) is 24.1. The summed E-state index contributed by atoms with van der Waals surface area (Å²) in [6.07, 6.45) is 12.1. The average Bonchev–Trinajstić information content (AvgIpc) is 2.35. The Morgan fingerprint density at radius 2 is 2.44 bits per heavy atom. The monoisotopic (exact) mass is 217 g/mol. The molecule has 1 unspecified atom stereocenters. The van der Waals surface area contributed by atoms with Crippen LogP contribution in [0, 0.1) is 5.92 Å². The van der Waals surface area contributed by atoms with Crippen molar-refractivity contribution in [3.8, 4) is 0 Å². The van der Waals surface area contributed by atoms with E-state index >= 15 is 0 Å². The smallest absolute Gasteiger partial charge is 0.0940 e. The van der Waals surface area contributed by atoms with Gasteiger partial charge in [-0.2, -0.15) is 0 Å².